The predicted octanol–water partition coefficient (Wildman–Crippen LogP) is 9.51. The first-order valence-electron chi connectivity index (χ1n) is 36.3. The van der Waals surface area contributed by atoms with Crippen LogP contribution in [0.5, 0.6) is 51.7 Å². The maximum atomic E-state index is 12.0. The molecule has 0 unspecified atom stereocenters. The van der Waals surface area contributed by atoms with Crippen LogP contribution in [0, 0.1) is 39.0 Å². The third kappa shape index (κ3) is 44.6. The molecule has 0 bridgehead atoms. The van der Waals surface area contributed by atoms with Crippen molar-refractivity contribution in [3.05, 3.63) is 228 Å². The number of hydrogen-bond donors (Lipinski definition) is 8. The number of pyridine rings is 6. The summed E-state index contributed by atoms with van der Waals surface area (Å²) < 4.78 is 136. The third-order valence-corrected chi connectivity index (χ3v) is 17.0. The fourth-order valence-electron chi connectivity index (χ4n) is 9.93. The number of fused-ring (bicyclic) bond motifs is 1. The van der Waals surface area contributed by atoms with Gasteiger partial charge in [-0.2, -0.15) is 13.2 Å². The summed E-state index contributed by atoms with van der Waals surface area (Å²) in [5.74, 6) is -5.16. The molecule has 47 heteroatoms. The molecule has 0 atom stereocenters. The number of carbonyl (C=O) groups is 9. The van der Waals surface area contributed by atoms with Crippen LogP contribution in [0.3, 0.4) is 0 Å². The molecule has 8 N–H and O–H groups in total. The van der Waals surface area contributed by atoms with Crippen molar-refractivity contribution in [2.45, 2.75) is 172 Å². The van der Waals surface area contributed by atoms with Gasteiger partial charge in [-0.15, -0.1) is 0 Å². The normalized spacial score (nSPS) is 10.2. The molecule has 138 heavy (non-hydrogen) atoms. The van der Waals surface area contributed by atoms with Crippen LogP contribution in [0.2, 0.25) is 0 Å². The average Bonchev–Trinajstić information content (AvgIpc) is 0.771. The Morgan fingerprint density at radius 3 is 1.05 bits per heavy atom. The Labute approximate surface area is 831 Å². The van der Waals surface area contributed by atoms with Gasteiger partial charge in [0.2, 0.25) is 12.1 Å². The Kier molecular flexibility index (Phi) is 74.0. The van der Waals surface area contributed by atoms with Crippen LogP contribution in [0.15, 0.2) is 110 Å². The zero-order valence-corrected chi connectivity index (χ0v) is 76.5. The Balaban J connectivity index is -0.000000239. The molecular formula is C91H123ClF3MnN6NaO35. The Morgan fingerprint density at radius 2 is 0.725 bits per heavy atom. The van der Waals surface area contributed by atoms with E-state index in [1.807, 2.05) is 72.8 Å². The molecule has 3 aromatic carbocycles. The van der Waals surface area contributed by atoms with E-state index in [-0.39, 0.29) is 182 Å². The van der Waals surface area contributed by atoms with E-state index < -0.39 is 104 Å². The maximum absolute atomic E-state index is 12.0. The number of rotatable bonds is 25. The number of aliphatic hydroxyl groups excluding tert-OH is 2. The van der Waals surface area contributed by atoms with Gasteiger partial charge in [0.1, 0.15) is 17.2 Å². The number of alkyl halides is 3. The van der Waals surface area contributed by atoms with Gasteiger partial charge in [-0.3, -0.25) is 9.59 Å². The van der Waals surface area contributed by atoms with Crippen molar-refractivity contribution in [2.75, 3.05) is 64.0 Å². The standard InChI is InChI=1S/C20H23NO6.C17H19NO6.C17H19NO5.C9H9NO5.C9H11NO4.C9H9NO4.C2HF3O.8CH4.ClO2.Mn.Na.2O/c1-20(2)26-12-16-14(9-21-17(18(16)27-20)19(22)24-4)11-25-10-13-5-7-15(23-3)8-6-13;1-22-13-5-3-11(4-6-13)9-24-10-12-7-18-15(17(21)23-2)16(20)14(12)8-19;1-11-13(8-18-15(16(11)19)17(20)22-3)10-23-9-12-4-6-14(21-2)7-5-12;1-4-5(8(12)13)3-10-6(7(4)11)9(14)15-2;2*1-5-6(4-11)3-10-7(8(5)12)9(13)14-2;3-2(4,5)1-6;;;;;;;;;2-1-3;;;;/h5-9H,10-12H2,1-4H3;3-7,19-20H,8-10H2,1-2H3;4-8,19H,9-10H2,1-3H3;3,11H,1-2H3,(H,12,13);3,11-12H,4H2,1-2H3;3-4,12H,1-2H3;1H;8*1H4;;;;;/q;;;;;;;;;;;;;;;-1;;+1;;. The summed E-state index contributed by atoms with van der Waals surface area (Å²) in [6.45, 7) is 11.3. The van der Waals surface area contributed by atoms with Crippen LogP contribution in [0.1, 0.15) is 229 Å². The molecule has 0 aliphatic carbocycles. The molecule has 9 aromatic rings. The van der Waals surface area contributed by atoms with E-state index in [9.17, 15) is 82.2 Å². The number of hydrogen-bond acceptors (Lipinski definition) is 40. The topological polar surface area (TPSA) is 602 Å². The summed E-state index contributed by atoms with van der Waals surface area (Å²) in [4.78, 5) is 121. The summed E-state index contributed by atoms with van der Waals surface area (Å²) in [6.07, 6.45) is 2.90. The van der Waals surface area contributed by atoms with Gasteiger partial charge in [-0.05, 0) is 80.8 Å². The summed E-state index contributed by atoms with van der Waals surface area (Å²) >= 11 is -1.85. The number of carbonyl (C=O) groups excluding carboxylic acids is 8. The van der Waals surface area contributed by atoms with E-state index in [0.717, 1.165) is 58.4 Å². The van der Waals surface area contributed by atoms with Crippen molar-refractivity contribution in [3.63, 3.8) is 0 Å². The van der Waals surface area contributed by atoms with Gasteiger partial charge in [0.25, 0.3) is 0 Å². The Hall–Kier alpha value is -12.7. The number of carboxylic acids is 1. The second kappa shape index (κ2) is 72.6. The number of methoxy groups -OCH3 is 9. The molecule has 0 fully saturated rings. The van der Waals surface area contributed by atoms with E-state index in [4.69, 9.17) is 74.6 Å². The molecule has 1 aliphatic heterocycles. The summed E-state index contributed by atoms with van der Waals surface area (Å²) in [6, 6.07) is 22.6. The van der Waals surface area contributed by atoms with Crippen LogP contribution in [-0.4, -0.2) is 201 Å². The fourth-order valence-corrected chi connectivity index (χ4v) is 9.93. The molecule has 7 heterocycles. The number of aromatic nitrogens is 6. The molecule has 41 nitrogen and oxygen atoms in total. The fraction of sp³-hybridized carbons (Fsp3) is 0.374. The SMILES string of the molecule is C.C.C.C.C.C.C.C.COC(=O)c1ncc(C(=O)O)c(C)c1O.COC(=O)c1ncc(C=O)c(C)c1O.COC(=O)c1ncc(CO)c(C)c1O.COC(=O)c1ncc(COCc2ccc(OC)cc2)c(C)c1O.COC(=O)c1ncc(COCc2ccc(OC)cc2)c(CO)c1O.COC(=O)c1ncc(COCc2ccc(OC)cc2)c2c1OC(C)(C)OC2.O=CC(F)(F)F.[Na+].[O-][Cl+][O-].[O]=[Mn]=[O]. The van der Waals surface area contributed by atoms with Crippen molar-refractivity contribution in [1.29, 1.82) is 0 Å². The minimum absolute atomic E-state index is 0. The number of halogens is 4. The van der Waals surface area contributed by atoms with Gasteiger partial charge in [-0.1, -0.05) is 95.8 Å². The number of benzene rings is 3. The van der Waals surface area contributed by atoms with Crippen molar-refractivity contribution in [3.8, 4) is 51.7 Å². The minimum atomic E-state index is -4.64. The second-order valence-corrected chi connectivity index (χ2v) is 25.8. The molecular weight excluding hydrogens is 1910 g/mol. The van der Waals surface area contributed by atoms with Gasteiger partial charge >= 0.3 is 100 Å². The molecule has 0 saturated carbocycles. The first kappa shape index (κ1) is 141. The zero-order chi connectivity index (χ0) is 97.4. The molecule has 10 rings (SSSR count). The van der Waals surface area contributed by atoms with Gasteiger partial charge in [0, 0.05) is 112 Å². The van der Waals surface area contributed by atoms with Gasteiger partial charge in [0.15, 0.2) is 74.9 Å². The molecule has 0 spiro atoms. The van der Waals surface area contributed by atoms with E-state index in [1.54, 1.807) is 55.2 Å². The quantitative estimate of drug-likeness (QED) is 0.0114. The number of aliphatic hydroxyl groups is 2. The molecule has 6 aromatic heterocycles. The van der Waals surface area contributed by atoms with E-state index in [2.05, 4.69) is 53.6 Å². The Morgan fingerprint density at radius 1 is 0.442 bits per heavy atom. The second-order valence-electron chi connectivity index (χ2n) is 25.4. The first-order valence-corrected chi connectivity index (χ1v) is 37.9. The zero-order valence-electron chi connectivity index (χ0n) is 72.6. The van der Waals surface area contributed by atoms with Crippen LogP contribution >= 0.6 is 0 Å². The van der Waals surface area contributed by atoms with E-state index in [1.165, 1.54) is 74.2 Å². The number of aromatic carboxylic acids is 1. The Bertz CT molecular complexity index is 5280. The first-order chi connectivity index (χ1) is 61.2. The summed E-state index contributed by atoms with van der Waals surface area (Å²) in [7, 11) is 12.1. The van der Waals surface area contributed by atoms with E-state index in [0.29, 0.717) is 78.5 Å². The molecule has 0 radical (unpaired) electrons. The number of esters is 6. The molecule has 1 aliphatic rings. The van der Waals surface area contributed by atoms with Crippen molar-refractivity contribution < 1.29 is 236 Å². The van der Waals surface area contributed by atoms with Gasteiger partial charge < -0.3 is 116 Å². The third-order valence-electron chi connectivity index (χ3n) is 17.0. The van der Waals surface area contributed by atoms with Gasteiger partial charge in [-0.25, -0.2) is 63.5 Å². The summed E-state index contributed by atoms with van der Waals surface area (Å²) in [5.41, 5.74) is 7.09. The van der Waals surface area contributed by atoms with Crippen LogP contribution < -0.4 is 57.8 Å². The number of carboxylic acid groups (broad SMARTS) is 1. The molecule has 0 amide bonds. The molecule has 0 saturated heterocycles. The average molecular weight is 2030 g/mol. The summed E-state index contributed by atoms with van der Waals surface area (Å²) in [5, 5.41) is 75.6. The molecule has 763 valence electrons. The number of ether oxygens (including phenoxy) is 14. The van der Waals surface area contributed by atoms with Crippen LogP contribution in [0.25, 0.3) is 0 Å². The van der Waals surface area contributed by atoms with Crippen LogP contribution in [0.4, 0.5) is 13.2 Å². The monoisotopic (exact) mass is 2030 g/mol. The van der Waals surface area contributed by atoms with Crippen molar-refractivity contribution in [1.82, 2.24) is 29.9 Å². The predicted molar refractivity (Wildman–Crippen MR) is 476 cm³/mol. The number of aromatic hydroxyl groups is 5. The van der Waals surface area contributed by atoms with Gasteiger partial charge in [0.05, 0.1) is 140 Å². The van der Waals surface area contributed by atoms with Crippen LogP contribution in [-0.2, 0) is 134 Å². The van der Waals surface area contributed by atoms with Crippen molar-refractivity contribution >= 4 is 54.4 Å². The number of aldehydes is 2. The van der Waals surface area contributed by atoms with E-state index >= 15 is 0 Å². The number of nitrogens with zero attached hydrogens (tertiary/aromatic N) is 6. The van der Waals surface area contributed by atoms with Crippen molar-refractivity contribution in [2.24, 2.45) is 0 Å².